The van der Waals surface area contributed by atoms with Gasteiger partial charge in [-0.2, -0.15) is 0 Å². The maximum atomic E-state index is 12.8. The highest BCUT2D eigenvalue weighted by Crippen LogP contribution is 2.42. The smallest absolute Gasteiger partial charge is 0.253 e. The molecule has 1 N–H and O–H groups in total. The van der Waals surface area contributed by atoms with Crippen LogP contribution in [0.1, 0.15) is 26.7 Å². The number of rotatable bonds is 4. The lowest BCUT2D eigenvalue weighted by Crippen LogP contribution is -2.66. The molecule has 2 aliphatic rings. The van der Waals surface area contributed by atoms with Crippen molar-refractivity contribution in [2.24, 2.45) is 5.92 Å². The lowest BCUT2D eigenvalue weighted by atomic mass is 9.91. The Kier molecular flexibility index (Phi) is 3.35. The fourth-order valence-corrected chi connectivity index (χ4v) is 2.93. The highest BCUT2D eigenvalue weighted by molar-refractivity contribution is 6.09. The number of carbonyl (C=O) groups is 2. The molecular formula is C16H20N2O3. The van der Waals surface area contributed by atoms with Crippen LogP contribution in [0.5, 0.6) is 5.75 Å². The van der Waals surface area contributed by atoms with E-state index in [9.17, 15) is 9.59 Å². The van der Waals surface area contributed by atoms with Crippen molar-refractivity contribution in [3.63, 3.8) is 0 Å². The Labute approximate surface area is 124 Å². The van der Waals surface area contributed by atoms with Crippen LogP contribution in [0.25, 0.3) is 0 Å². The Balaban J connectivity index is 1.91. The van der Waals surface area contributed by atoms with Gasteiger partial charge in [-0.15, -0.1) is 0 Å². The second-order valence-corrected chi connectivity index (χ2v) is 5.85. The molecule has 0 bridgehead atoms. The first-order valence-electron chi connectivity index (χ1n) is 7.40. The Morgan fingerprint density at radius 1 is 1.38 bits per heavy atom. The van der Waals surface area contributed by atoms with Crippen LogP contribution in [-0.2, 0) is 9.59 Å². The van der Waals surface area contributed by atoms with E-state index in [0.717, 1.165) is 12.8 Å². The average Bonchev–Trinajstić information content (AvgIpc) is 3.28. The topological polar surface area (TPSA) is 58.6 Å². The molecule has 1 atom stereocenters. The number of hydrogen-bond acceptors (Lipinski definition) is 3. The van der Waals surface area contributed by atoms with Crippen molar-refractivity contribution >= 4 is 17.5 Å². The fourth-order valence-electron chi connectivity index (χ4n) is 2.93. The van der Waals surface area contributed by atoms with Gasteiger partial charge in [0.25, 0.3) is 5.91 Å². The van der Waals surface area contributed by atoms with E-state index in [0.29, 0.717) is 18.0 Å². The maximum Gasteiger partial charge on any atom is 0.253 e. The minimum absolute atomic E-state index is 0.0294. The molecule has 1 aliphatic carbocycles. The first-order chi connectivity index (χ1) is 10.0. The third-order valence-electron chi connectivity index (χ3n) is 4.22. The van der Waals surface area contributed by atoms with Gasteiger partial charge in [0.15, 0.2) is 0 Å². The van der Waals surface area contributed by atoms with E-state index in [2.05, 4.69) is 5.32 Å². The van der Waals surface area contributed by atoms with E-state index >= 15 is 0 Å². The molecule has 2 amide bonds. The third-order valence-corrected chi connectivity index (χ3v) is 4.22. The number of nitrogens with one attached hydrogen (secondary N) is 1. The Bertz CT molecular complexity index is 583. The van der Waals surface area contributed by atoms with Crippen LogP contribution in [0, 0.1) is 5.92 Å². The summed E-state index contributed by atoms with van der Waals surface area (Å²) in [5.41, 5.74) is -0.0515. The molecule has 0 spiro atoms. The van der Waals surface area contributed by atoms with Gasteiger partial charge in [-0.3, -0.25) is 9.59 Å². The second kappa shape index (κ2) is 5.06. The Morgan fingerprint density at radius 3 is 2.81 bits per heavy atom. The summed E-state index contributed by atoms with van der Waals surface area (Å²) in [6, 6.07) is 7.34. The molecule has 1 aromatic carbocycles. The summed E-state index contributed by atoms with van der Waals surface area (Å²) in [7, 11) is 0. The minimum atomic E-state index is -0.767. The molecule has 1 saturated carbocycles. The highest BCUT2D eigenvalue weighted by atomic mass is 16.5. The second-order valence-electron chi connectivity index (χ2n) is 5.85. The van der Waals surface area contributed by atoms with Crippen LogP contribution in [-0.4, -0.2) is 30.5 Å². The molecule has 3 rings (SSSR count). The van der Waals surface area contributed by atoms with Gasteiger partial charge in [0.05, 0.1) is 6.61 Å². The van der Waals surface area contributed by atoms with Gasteiger partial charge >= 0.3 is 0 Å². The molecule has 21 heavy (non-hydrogen) atoms. The van der Waals surface area contributed by atoms with Crippen molar-refractivity contribution in [1.82, 2.24) is 5.32 Å². The van der Waals surface area contributed by atoms with Gasteiger partial charge < -0.3 is 15.0 Å². The van der Waals surface area contributed by atoms with Gasteiger partial charge in [0.1, 0.15) is 17.8 Å². The van der Waals surface area contributed by atoms with Crippen LogP contribution in [0.3, 0.4) is 0 Å². The van der Waals surface area contributed by atoms with Crippen LogP contribution in [0.2, 0.25) is 0 Å². The first kappa shape index (κ1) is 13.9. The Morgan fingerprint density at radius 2 is 2.14 bits per heavy atom. The van der Waals surface area contributed by atoms with E-state index in [-0.39, 0.29) is 24.3 Å². The van der Waals surface area contributed by atoms with Crippen molar-refractivity contribution in [2.45, 2.75) is 32.2 Å². The van der Waals surface area contributed by atoms with Gasteiger partial charge in [0.2, 0.25) is 5.91 Å². The molecule has 1 heterocycles. The molecule has 1 aliphatic heterocycles. The number of ether oxygens (including phenoxy) is 1. The summed E-state index contributed by atoms with van der Waals surface area (Å²) in [5, 5.41) is 2.88. The molecule has 5 heteroatoms. The Hall–Kier alpha value is -2.04. The van der Waals surface area contributed by atoms with Gasteiger partial charge in [-0.25, -0.2) is 0 Å². The largest absolute Gasteiger partial charge is 0.494 e. The zero-order valence-electron chi connectivity index (χ0n) is 12.4. The minimum Gasteiger partial charge on any atom is -0.494 e. The first-order valence-corrected chi connectivity index (χ1v) is 7.40. The van der Waals surface area contributed by atoms with Crippen LogP contribution in [0.4, 0.5) is 5.69 Å². The molecule has 1 unspecified atom stereocenters. The van der Waals surface area contributed by atoms with E-state index < -0.39 is 5.54 Å². The number of amides is 2. The van der Waals surface area contributed by atoms with Gasteiger partial charge in [0, 0.05) is 11.8 Å². The van der Waals surface area contributed by atoms with Crippen LogP contribution < -0.4 is 15.0 Å². The van der Waals surface area contributed by atoms with E-state index in [1.807, 2.05) is 38.1 Å². The predicted molar refractivity (Wildman–Crippen MR) is 79.2 cm³/mol. The lowest BCUT2D eigenvalue weighted by Gasteiger charge is -2.40. The van der Waals surface area contributed by atoms with Crippen molar-refractivity contribution in [2.75, 3.05) is 18.1 Å². The highest BCUT2D eigenvalue weighted by Gasteiger charge is 2.52. The maximum absolute atomic E-state index is 12.8. The summed E-state index contributed by atoms with van der Waals surface area (Å²) >= 11 is 0. The fraction of sp³-hybridized carbons (Fsp3) is 0.500. The monoisotopic (exact) mass is 288 g/mol. The van der Waals surface area contributed by atoms with Gasteiger partial charge in [-0.1, -0.05) is 6.07 Å². The zero-order chi connectivity index (χ0) is 15.0. The van der Waals surface area contributed by atoms with Gasteiger partial charge in [-0.05, 0) is 44.7 Å². The van der Waals surface area contributed by atoms with Crippen LogP contribution >= 0.6 is 0 Å². The summed E-state index contributed by atoms with van der Waals surface area (Å²) in [5.74, 6) is 0.831. The zero-order valence-corrected chi connectivity index (χ0v) is 12.4. The molecule has 1 aromatic rings. The molecule has 0 radical (unpaired) electrons. The predicted octanol–water partition coefficient (Wildman–Crippen LogP) is 1.72. The summed E-state index contributed by atoms with van der Waals surface area (Å²) in [6.45, 7) is 4.38. The molecular weight excluding hydrogens is 268 g/mol. The molecule has 112 valence electrons. The quantitative estimate of drug-likeness (QED) is 0.917. The van der Waals surface area contributed by atoms with E-state index in [4.69, 9.17) is 4.74 Å². The van der Waals surface area contributed by atoms with Crippen molar-refractivity contribution in [1.29, 1.82) is 0 Å². The summed E-state index contributed by atoms with van der Waals surface area (Å²) in [6.07, 6.45) is 1.99. The van der Waals surface area contributed by atoms with E-state index in [1.165, 1.54) is 0 Å². The number of hydrogen-bond donors (Lipinski definition) is 1. The normalized spacial score (nSPS) is 25.7. The number of anilines is 1. The van der Waals surface area contributed by atoms with E-state index in [1.54, 1.807) is 4.90 Å². The number of nitrogens with zero attached hydrogens (tertiary/aromatic N) is 1. The number of piperazine rings is 1. The molecule has 2 fully saturated rings. The molecule has 0 aromatic heterocycles. The number of benzene rings is 1. The summed E-state index contributed by atoms with van der Waals surface area (Å²) < 4.78 is 5.47. The summed E-state index contributed by atoms with van der Waals surface area (Å²) in [4.78, 5) is 26.4. The van der Waals surface area contributed by atoms with Crippen molar-refractivity contribution in [3.05, 3.63) is 24.3 Å². The standard InChI is InChI=1S/C16H20N2O3/c1-3-21-13-6-4-5-12(9-13)18-10-14(19)17-16(2,15(18)20)11-7-8-11/h4-6,9,11H,3,7-8,10H2,1-2H3,(H,17,19). The van der Waals surface area contributed by atoms with Crippen molar-refractivity contribution < 1.29 is 14.3 Å². The van der Waals surface area contributed by atoms with Crippen molar-refractivity contribution in [3.8, 4) is 5.75 Å². The SMILES string of the molecule is CCOc1cccc(N2CC(=O)NC(C)(C3CC3)C2=O)c1. The number of carbonyl (C=O) groups excluding carboxylic acids is 2. The van der Waals surface area contributed by atoms with Crippen LogP contribution in [0.15, 0.2) is 24.3 Å². The average molecular weight is 288 g/mol. The third kappa shape index (κ3) is 2.48. The molecule has 1 saturated heterocycles. The lowest BCUT2D eigenvalue weighted by molar-refractivity contribution is -0.136. The molecule has 5 nitrogen and oxygen atoms in total.